The molecule has 0 aliphatic carbocycles. The van der Waals surface area contributed by atoms with Gasteiger partial charge in [0.2, 0.25) is 11.2 Å². The predicted molar refractivity (Wildman–Crippen MR) is 98.3 cm³/mol. The number of hydrogen-bond donors (Lipinski definition) is 5. The van der Waals surface area contributed by atoms with E-state index in [2.05, 4.69) is 4.18 Å². The fraction of sp³-hybridized carbons (Fsp3) is 0. The van der Waals surface area contributed by atoms with E-state index < -0.39 is 55.7 Å². The predicted octanol–water partition coefficient (Wildman–Crippen LogP) is 0.702. The number of rotatable bonds is 3. The van der Waals surface area contributed by atoms with Crippen LogP contribution in [0.25, 0.3) is 22.3 Å². The second kappa shape index (κ2) is 8.93. The normalized spacial score (nSPS) is 10.8. The topological polar surface area (TPSA) is 175 Å². The minimum absolute atomic E-state index is 0. The molecule has 3 aromatic rings. The van der Waals surface area contributed by atoms with Gasteiger partial charge in [-0.3, -0.25) is 9.35 Å². The van der Waals surface area contributed by atoms with Crippen LogP contribution in [-0.4, -0.2) is 92.5 Å². The minimum atomic E-state index is -4.89. The molecule has 0 bridgehead atoms. The SMILES string of the molecule is O=c1c(O)c(-c2ccc(O)c(O)c2)oc2cc(OS(=O)(=O)O)cc(O)c12.[Na].[Na]. The Morgan fingerprint density at radius 1 is 0.893 bits per heavy atom. The Labute approximate surface area is 201 Å². The van der Waals surface area contributed by atoms with Crippen molar-refractivity contribution in [3.63, 3.8) is 0 Å². The van der Waals surface area contributed by atoms with Crippen molar-refractivity contribution in [1.29, 1.82) is 0 Å². The van der Waals surface area contributed by atoms with E-state index in [9.17, 15) is 33.6 Å². The van der Waals surface area contributed by atoms with Crippen LogP contribution in [-0.2, 0) is 10.4 Å². The summed E-state index contributed by atoms with van der Waals surface area (Å²) in [6.45, 7) is 0. The zero-order valence-electron chi connectivity index (χ0n) is 14.6. The van der Waals surface area contributed by atoms with E-state index in [4.69, 9.17) is 8.97 Å². The van der Waals surface area contributed by atoms with Gasteiger partial charge in [0.1, 0.15) is 16.7 Å². The van der Waals surface area contributed by atoms with Gasteiger partial charge in [-0.15, -0.1) is 0 Å². The number of aromatic hydroxyl groups is 4. The van der Waals surface area contributed by atoms with Crippen LogP contribution in [0, 0.1) is 0 Å². The van der Waals surface area contributed by atoms with Gasteiger partial charge in [0.25, 0.3) is 0 Å². The monoisotopic (exact) mass is 428 g/mol. The van der Waals surface area contributed by atoms with E-state index in [1.54, 1.807) is 0 Å². The number of phenolic OH excluding ortho intramolecular Hbond substituents is 3. The molecule has 1 heterocycles. The first-order valence-electron chi connectivity index (χ1n) is 6.79. The molecule has 0 atom stereocenters. The Hall–Kier alpha value is -1.44. The standard InChI is InChI=1S/C15H10O10S.2Na/c16-8-2-1-6(3-9(8)17)15-14(20)13(19)12-10(18)4-7(5-11(12)24-15)25-26(21,22)23;;/h1-5,16-18,20H,(H,21,22,23);;. The smallest absolute Gasteiger partial charge is 0.446 e. The molecule has 0 fully saturated rings. The summed E-state index contributed by atoms with van der Waals surface area (Å²) in [6, 6.07) is 4.96. The van der Waals surface area contributed by atoms with Gasteiger partial charge in [-0.25, -0.2) is 0 Å². The fourth-order valence-electron chi connectivity index (χ4n) is 2.29. The third-order valence-electron chi connectivity index (χ3n) is 3.36. The second-order valence-corrected chi connectivity index (χ2v) is 6.16. The van der Waals surface area contributed by atoms with Crippen molar-refractivity contribution in [2.75, 3.05) is 0 Å². The summed E-state index contributed by atoms with van der Waals surface area (Å²) >= 11 is 0. The molecule has 28 heavy (non-hydrogen) atoms. The molecular formula is C15H10Na2O10S. The molecule has 0 saturated heterocycles. The van der Waals surface area contributed by atoms with Crippen LogP contribution in [0.15, 0.2) is 39.5 Å². The molecule has 3 rings (SSSR count). The Kier molecular flexibility index (Phi) is 7.84. The zero-order chi connectivity index (χ0) is 19.2. The van der Waals surface area contributed by atoms with Crippen LogP contribution in [0.3, 0.4) is 0 Å². The quantitative estimate of drug-likeness (QED) is 0.227. The fourth-order valence-corrected chi connectivity index (χ4v) is 2.63. The summed E-state index contributed by atoms with van der Waals surface area (Å²) in [4.78, 5) is 12.3. The van der Waals surface area contributed by atoms with E-state index in [1.165, 1.54) is 6.07 Å². The van der Waals surface area contributed by atoms with Gasteiger partial charge in [0, 0.05) is 76.8 Å². The van der Waals surface area contributed by atoms with Gasteiger partial charge in [-0.2, -0.15) is 8.42 Å². The van der Waals surface area contributed by atoms with Crippen LogP contribution >= 0.6 is 0 Å². The van der Waals surface area contributed by atoms with Gasteiger partial charge in [0.15, 0.2) is 23.0 Å². The summed E-state index contributed by atoms with van der Waals surface area (Å²) in [6.07, 6.45) is 0. The van der Waals surface area contributed by atoms with Gasteiger partial charge >= 0.3 is 10.4 Å². The summed E-state index contributed by atoms with van der Waals surface area (Å²) in [5, 5.41) is 38.4. The number of phenols is 3. The number of hydrogen-bond acceptors (Lipinski definition) is 9. The van der Waals surface area contributed by atoms with Gasteiger partial charge < -0.3 is 29.0 Å². The first-order valence-corrected chi connectivity index (χ1v) is 8.15. The maximum absolute atomic E-state index is 12.3. The molecule has 0 saturated carbocycles. The number of fused-ring (bicyclic) bond motifs is 1. The Balaban J connectivity index is 0.00000196. The van der Waals surface area contributed by atoms with Crippen molar-refractivity contribution < 1.29 is 42.0 Å². The molecule has 13 heteroatoms. The maximum Gasteiger partial charge on any atom is 0.446 e. The molecule has 0 aliphatic heterocycles. The first-order chi connectivity index (χ1) is 12.1. The van der Waals surface area contributed by atoms with E-state index in [-0.39, 0.29) is 70.3 Å². The molecule has 2 radical (unpaired) electrons. The molecule has 0 aliphatic rings. The van der Waals surface area contributed by atoms with Gasteiger partial charge in [-0.05, 0) is 18.2 Å². The first kappa shape index (κ1) is 24.6. The van der Waals surface area contributed by atoms with Crippen LogP contribution in [0.1, 0.15) is 0 Å². The van der Waals surface area contributed by atoms with Crippen LogP contribution in [0.5, 0.6) is 28.7 Å². The summed E-state index contributed by atoms with van der Waals surface area (Å²) < 4.78 is 39.8. The van der Waals surface area contributed by atoms with Crippen molar-refractivity contribution in [1.82, 2.24) is 0 Å². The van der Waals surface area contributed by atoms with Crippen LogP contribution < -0.4 is 9.61 Å². The average Bonchev–Trinajstić information content (AvgIpc) is 2.51. The second-order valence-electron chi connectivity index (χ2n) is 5.14. The molecule has 2 aromatic carbocycles. The van der Waals surface area contributed by atoms with Gasteiger partial charge in [0.05, 0.1) is 0 Å². The third-order valence-corrected chi connectivity index (χ3v) is 3.77. The Morgan fingerprint density at radius 3 is 2.11 bits per heavy atom. The molecule has 0 unspecified atom stereocenters. The molecule has 1 aromatic heterocycles. The van der Waals surface area contributed by atoms with Crippen molar-refractivity contribution in [2.24, 2.45) is 0 Å². The molecule has 138 valence electrons. The zero-order valence-corrected chi connectivity index (χ0v) is 19.4. The minimum Gasteiger partial charge on any atom is -0.507 e. The molecule has 0 spiro atoms. The van der Waals surface area contributed by atoms with Crippen molar-refractivity contribution in [3.05, 3.63) is 40.6 Å². The van der Waals surface area contributed by atoms with Crippen LogP contribution in [0.2, 0.25) is 0 Å². The largest absolute Gasteiger partial charge is 0.507 e. The van der Waals surface area contributed by atoms with Crippen molar-refractivity contribution in [2.45, 2.75) is 0 Å². The summed E-state index contributed by atoms with van der Waals surface area (Å²) in [5.74, 6) is -3.60. The molecule has 0 amide bonds. The van der Waals surface area contributed by atoms with Crippen molar-refractivity contribution >= 4 is 80.5 Å². The van der Waals surface area contributed by atoms with E-state index in [0.717, 1.165) is 24.3 Å². The Bertz CT molecular complexity index is 1200. The van der Waals surface area contributed by atoms with Gasteiger partial charge in [-0.1, -0.05) is 0 Å². The third kappa shape index (κ3) is 4.93. The van der Waals surface area contributed by atoms with Crippen molar-refractivity contribution in [3.8, 4) is 40.1 Å². The van der Waals surface area contributed by atoms with Crippen LogP contribution in [0.4, 0.5) is 0 Å². The average molecular weight is 428 g/mol. The molecule has 10 nitrogen and oxygen atoms in total. The summed E-state index contributed by atoms with van der Waals surface area (Å²) in [5.41, 5.74) is -1.39. The Morgan fingerprint density at radius 2 is 1.54 bits per heavy atom. The van der Waals surface area contributed by atoms with E-state index in [0.29, 0.717) is 0 Å². The van der Waals surface area contributed by atoms with E-state index >= 15 is 0 Å². The summed E-state index contributed by atoms with van der Waals surface area (Å²) in [7, 11) is -4.89. The molecular weight excluding hydrogens is 418 g/mol. The maximum atomic E-state index is 12.3. The van der Waals surface area contributed by atoms with E-state index in [1.807, 2.05) is 0 Å². The number of benzene rings is 2. The molecule has 5 N–H and O–H groups in total.